The Morgan fingerprint density at radius 3 is 2.06 bits per heavy atom. The van der Waals surface area contributed by atoms with E-state index >= 15 is 0 Å². The van der Waals surface area contributed by atoms with Crippen LogP contribution in [0.15, 0.2) is 18.7 Å². The van der Waals surface area contributed by atoms with Gasteiger partial charge in [-0.05, 0) is 32.9 Å². The third-order valence-electron chi connectivity index (χ3n) is 2.20. The second-order valence-electron chi connectivity index (χ2n) is 3.31. The molecule has 0 radical (unpaired) electrons. The maximum absolute atomic E-state index is 5.62. The number of hydrogen-bond donors (Lipinski definition) is 0. The Morgan fingerprint density at radius 2 is 1.53 bits per heavy atom. The van der Waals surface area contributed by atoms with Crippen molar-refractivity contribution in [1.29, 1.82) is 0 Å². The quantitative estimate of drug-likeness (QED) is 0.725. The van der Waals surface area contributed by atoms with E-state index in [1.165, 1.54) is 0 Å². The van der Waals surface area contributed by atoms with Crippen molar-refractivity contribution in [2.24, 2.45) is 0 Å². The smallest absolute Gasteiger partial charge is 0.204 e. The Kier molecular flexibility index (Phi) is 5.40. The molecule has 3 heteroatoms. The van der Waals surface area contributed by atoms with Crippen LogP contribution in [-0.2, 0) is 0 Å². The minimum Gasteiger partial charge on any atom is -0.490 e. The highest BCUT2D eigenvalue weighted by Gasteiger charge is 2.15. The van der Waals surface area contributed by atoms with Gasteiger partial charge in [0.15, 0.2) is 11.5 Å². The van der Waals surface area contributed by atoms with Crippen molar-refractivity contribution in [3.05, 3.63) is 24.3 Å². The van der Waals surface area contributed by atoms with Gasteiger partial charge in [0.25, 0.3) is 0 Å². The minimum absolute atomic E-state index is 0.570. The van der Waals surface area contributed by atoms with Crippen LogP contribution in [0.1, 0.15) is 26.3 Å². The molecule has 3 nitrogen and oxygen atoms in total. The van der Waals surface area contributed by atoms with Gasteiger partial charge in [0.2, 0.25) is 5.75 Å². The molecule has 1 aromatic rings. The molecule has 0 aliphatic heterocycles. The van der Waals surface area contributed by atoms with Crippen molar-refractivity contribution in [1.82, 2.24) is 0 Å². The Morgan fingerprint density at radius 1 is 0.941 bits per heavy atom. The van der Waals surface area contributed by atoms with E-state index in [9.17, 15) is 0 Å². The number of ether oxygens (including phenoxy) is 3. The summed E-state index contributed by atoms with van der Waals surface area (Å²) in [7, 11) is 0. The molecular formula is C14H20O3. The molecule has 0 bridgehead atoms. The van der Waals surface area contributed by atoms with E-state index in [1.807, 2.05) is 32.9 Å². The maximum atomic E-state index is 5.62. The lowest BCUT2D eigenvalue weighted by atomic mass is 10.1. The zero-order valence-corrected chi connectivity index (χ0v) is 10.8. The Bertz CT molecular complexity index is 372. The van der Waals surface area contributed by atoms with Gasteiger partial charge in [-0.2, -0.15) is 0 Å². The van der Waals surface area contributed by atoms with Crippen LogP contribution in [0.4, 0.5) is 0 Å². The fourth-order valence-electron chi connectivity index (χ4n) is 1.56. The van der Waals surface area contributed by atoms with Crippen LogP contribution in [0.25, 0.3) is 6.08 Å². The molecule has 0 atom stereocenters. The van der Waals surface area contributed by atoms with Gasteiger partial charge >= 0.3 is 0 Å². The molecule has 0 fully saturated rings. The standard InChI is InChI=1S/C14H20O3/c1-5-11-9-10-12(15-6-2)14(17-8-4)13(11)16-7-3/h5,9-10H,1,6-8H2,2-4H3. The SMILES string of the molecule is C=Cc1ccc(OCC)c(OCC)c1OCC. The monoisotopic (exact) mass is 236 g/mol. The first-order chi connectivity index (χ1) is 8.28. The minimum atomic E-state index is 0.570. The highest BCUT2D eigenvalue weighted by atomic mass is 16.5. The Labute approximate surface area is 103 Å². The van der Waals surface area contributed by atoms with E-state index in [4.69, 9.17) is 14.2 Å². The third kappa shape index (κ3) is 3.16. The van der Waals surface area contributed by atoms with Crippen molar-refractivity contribution in [3.8, 4) is 17.2 Å². The van der Waals surface area contributed by atoms with E-state index in [0.29, 0.717) is 37.1 Å². The lowest BCUT2D eigenvalue weighted by Crippen LogP contribution is -2.03. The van der Waals surface area contributed by atoms with Crippen LogP contribution >= 0.6 is 0 Å². The average molecular weight is 236 g/mol. The fourth-order valence-corrected chi connectivity index (χ4v) is 1.56. The lowest BCUT2D eigenvalue weighted by Gasteiger charge is -2.17. The van der Waals surface area contributed by atoms with Crippen LogP contribution in [-0.4, -0.2) is 19.8 Å². The summed E-state index contributed by atoms with van der Waals surface area (Å²) in [4.78, 5) is 0. The van der Waals surface area contributed by atoms with Crippen molar-refractivity contribution in [2.45, 2.75) is 20.8 Å². The highest BCUT2D eigenvalue weighted by molar-refractivity contribution is 5.65. The first-order valence-electron chi connectivity index (χ1n) is 5.96. The molecule has 0 saturated heterocycles. The van der Waals surface area contributed by atoms with Gasteiger partial charge in [-0.15, -0.1) is 0 Å². The van der Waals surface area contributed by atoms with Gasteiger partial charge in [0.05, 0.1) is 19.8 Å². The topological polar surface area (TPSA) is 27.7 Å². The van der Waals surface area contributed by atoms with Crippen LogP contribution in [0, 0.1) is 0 Å². The maximum Gasteiger partial charge on any atom is 0.204 e. The van der Waals surface area contributed by atoms with Crippen LogP contribution in [0.5, 0.6) is 17.2 Å². The number of benzene rings is 1. The van der Waals surface area contributed by atoms with Gasteiger partial charge in [0.1, 0.15) is 0 Å². The van der Waals surface area contributed by atoms with Crippen molar-refractivity contribution >= 4 is 6.08 Å². The van der Waals surface area contributed by atoms with Crippen LogP contribution in [0.2, 0.25) is 0 Å². The van der Waals surface area contributed by atoms with Crippen LogP contribution < -0.4 is 14.2 Å². The number of hydrogen-bond acceptors (Lipinski definition) is 3. The lowest BCUT2D eigenvalue weighted by molar-refractivity contribution is 0.260. The zero-order valence-electron chi connectivity index (χ0n) is 10.8. The van der Waals surface area contributed by atoms with Gasteiger partial charge in [-0.1, -0.05) is 12.7 Å². The average Bonchev–Trinajstić information content (AvgIpc) is 2.34. The number of rotatable bonds is 7. The normalized spacial score (nSPS) is 9.82. The van der Waals surface area contributed by atoms with Gasteiger partial charge < -0.3 is 14.2 Å². The van der Waals surface area contributed by atoms with Crippen molar-refractivity contribution in [2.75, 3.05) is 19.8 Å². The summed E-state index contributed by atoms with van der Waals surface area (Å²) in [6.07, 6.45) is 1.75. The van der Waals surface area contributed by atoms with E-state index < -0.39 is 0 Å². The summed E-state index contributed by atoms with van der Waals surface area (Å²) in [5.41, 5.74) is 0.916. The van der Waals surface area contributed by atoms with Gasteiger partial charge in [0, 0.05) is 5.56 Å². The second kappa shape index (κ2) is 6.84. The van der Waals surface area contributed by atoms with E-state index in [1.54, 1.807) is 6.08 Å². The first kappa shape index (κ1) is 13.4. The summed E-state index contributed by atoms with van der Waals surface area (Å²) in [6, 6.07) is 3.81. The summed E-state index contributed by atoms with van der Waals surface area (Å²) in [5.74, 6) is 2.08. The molecular weight excluding hydrogens is 216 g/mol. The zero-order chi connectivity index (χ0) is 12.7. The molecule has 0 N–H and O–H groups in total. The molecule has 94 valence electrons. The molecule has 0 aliphatic carbocycles. The predicted octanol–water partition coefficient (Wildman–Crippen LogP) is 3.53. The van der Waals surface area contributed by atoms with Crippen molar-refractivity contribution < 1.29 is 14.2 Å². The van der Waals surface area contributed by atoms with E-state index in [-0.39, 0.29) is 0 Å². The fraction of sp³-hybridized carbons (Fsp3) is 0.429. The molecule has 0 aromatic heterocycles. The third-order valence-corrected chi connectivity index (χ3v) is 2.20. The largest absolute Gasteiger partial charge is 0.490 e. The highest BCUT2D eigenvalue weighted by Crippen LogP contribution is 2.40. The Hall–Kier alpha value is -1.64. The van der Waals surface area contributed by atoms with E-state index in [2.05, 4.69) is 6.58 Å². The molecule has 1 aromatic carbocycles. The first-order valence-corrected chi connectivity index (χ1v) is 5.96. The molecule has 1 rings (SSSR count). The molecule has 17 heavy (non-hydrogen) atoms. The molecule has 0 heterocycles. The van der Waals surface area contributed by atoms with Crippen molar-refractivity contribution in [3.63, 3.8) is 0 Å². The molecule has 0 unspecified atom stereocenters. The summed E-state index contributed by atoms with van der Waals surface area (Å²) in [6.45, 7) is 11.3. The van der Waals surface area contributed by atoms with Gasteiger partial charge in [-0.25, -0.2) is 0 Å². The summed E-state index contributed by atoms with van der Waals surface area (Å²) in [5, 5.41) is 0. The Balaban J connectivity index is 3.24. The molecule has 0 spiro atoms. The molecule has 0 saturated carbocycles. The molecule has 0 aliphatic rings. The van der Waals surface area contributed by atoms with Crippen LogP contribution in [0.3, 0.4) is 0 Å². The van der Waals surface area contributed by atoms with Gasteiger partial charge in [-0.3, -0.25) is 0 Å². The predicted molar refractivity (Wildman–Crippen MR) is 70.0 cm³/mol. The summed E-state index contributed by atoms with van der Waals surface area (Å²) >= 11 is 0. The summed E-state index contributed by atoms with van der Waals surface area (Å²) < 4.78 is 16.8. The molecule has 0 amide bonds. The second-order valence-corrected chi connectivity index (χ2v) is 3.31. The van der Waals surface area contributed by atoms with E-state index in [0.717, 1.165) is 5.56 Å².